The fourth-order valence-electron chi connectivity index (χ4n) is 1.46. The summed E-state index contributed by atoms with van der Waals surface area (Å²) in [7, 11) is 0. The highest BCUT2D eigenvalue weighted by atomic mass is 32.2. The van der Waals surface area contributed by atoms with Crippen LogP contribution in [0, 0.1) is 0 Å². The molecule has 0 aliphatic carbocycles. The van der Waals surface area contributed by atoms with E-state index in [9.17, 15) is 0 Å². The Kier molecular flexibility index (Phi) is 4.77. The Morgan fingerprint density at radius 2 is 2.21 bits per heavy atom. The predicted molar refractivity (Wildman–Crippen MR) is 64.8 cm³/mol. The van der Waals surface area contributed by atoms with E-state index in [1.165, 1.54) is 10.5 Å². The smallest absolute Gasteiger partial charge is 0.0514 e. The van der Waals surface area contributed by atoms with Gasteiger partial charge in [0.1, 0.15) is 0 Å². The van der Waals surface area contributed by atoms with Gasteiger partial charge in [0, 0.05) is 4.90 Å². The number of nitrogens with one attached hydrogen (secondary N) is 1. The van der Waals surface area contributed by atoms with Crippen molar-refractivity contribution in [2.75, 3.05) is 12.8 Å². The molecular weight excluding hydrogens is 190 g/mol. The molecular formula is C12H17NS. The van der Waals surface area contributed by atoms with Crippen LogP contribution in [0.25, 0.3) is 0 Å². The van der Waals surface area contributed by atoms with E-state index in [1.54, 1.807) is 11.8 Å². The Morgan fingerprint density at radius 3 is 2.79 bits per heavy atom. The van der Waals surface area contributed by atoms with Crippen molar-refractivity contribution in [2.24, 2.45) is 0 Å². The molecule has 0 aliphatic rings. The summed E-state index contributed by atoms with van der Waals surface area (Å²) in [5.74, 6) is 0. The molecule has 0 amide bonds. The van der Waals surface area contributed by atoms with Crippen molar-refractivity contribution in [1.29, 1.82) is 0 Å². The van der Waals surface area contributed by atoms with E-state index < -0.39 is 0 Å². The van der Waals surface area contributed by atoms with E-state index in [1.807, 2.05) is 6.08 Å². The van der Waals surface area contributed by atoms with Gasteiger partial charge in [0.15, 0.2) is 0 Å². The van der Waals surface area contributed by atoms with E-state index in [0.717, 1.165) is 6.54 Å². The third-order valence-electron chi connectivity index (χ3n) is 2.13. The first-order valence-electron chi connectivity index (χ1n) is 4.82. The Balaban J connectivity index is 2.95. The molecule has 76 valence electrons. The second-order valence-corrected chi connectivity index (χ2v) is 3.86. The van der Waals surface area contributed by atoms with E-state index in [2.05, 4.69) is 49.3 Å². The maximum absolute atomic E-state index is 3.86. The first kappa shape index (κ1) is 11.3. The maximum atomic E-state index is 3.86. The Bertz CT molecular complexity index is 296. The second kappa shape index (κ2) is 5.89. The van der Waals surface area contributed by atoms with Crippen LogP contribution in [0.3, 0.4) is 0 Å². The zero-order valence-electron chi connectivity index (χ0n) is 8.79. The minimum atomic E-state index is 0.267. The van der Waals surface area contributed by atoms with Gasteiger partial charge in [-0.25, -0.2) is 0 Å². The first-order valence-corrected chi connectivity index (χ1v) is 6.04. The lowest BCUT2D eigenvalue weighted by Gasteiger charge is -2.16. The highest BCUT2D eigenvalue weighted by Crippen LogP contribution is 2.25. The van der Waals surface area contributed by atoms with Crippen LogP contribution in [0.4, 0.5) is 0 Å². The van der Waals surface area contributed by atoms with Gasteiger partial charge in [0.25, 0.3) is 0 Å². The number of rotatable bonds is 5. The van der Waals surface area contributed by atoms with Crippen LogP contribution >= 0.6 is 11.8 Å². The summed E-state index contributed by atoms with van der Waals surface area (Å²) >= 11 is 1.78. The molecule has 0 bridgehead atoms. The summed E-state index contributed by atoms with van der Waals surface area (Å²) in [4.78, 5) is 1.32. The van der Waals surface area contributed by atoms with Crippen molar-refractivity contribution >= 4 is 11.8 Å². The summed E-state index contributed by atoms with van der Waals surface area (Å²) < 4.78 is 0. The third-order valence-corrected chi connectivity index (χ3v) is 2.95. The zero-order chi connectivity index (χ0) is 10.4. The van der Waals surface area contributed by atoms with Crippen LogP contribution in [-0.2, 0) is 0 Å². The second-order valence-electron chi connectivity index (χ2n) is 3.01. The normalized spacial score (nSPS) is 12.4. The van der Waals surface area contributed by atoms with E-state index in [-0.39, 0.29) is 6.04 Å². The first-order chi connectivity index (χ1) is 6.83. The quantitative estimate of drug-likeness (QED) is 0.587. The lowest BCUT2D eigenvalue weighted by Crippen LogP contribution is -2.19. The van der Waals surface area contributed by atoms with Crippen molar-refractivity contribution < 1.29 is 0 Å². The van der Waals surface area contributed by atoms with Gasteiger partial charge in [-0.15, -0.1) is 18.3 Å². The van der Waals surface area contributed by atoms with Gasteiger partial charge in [0.05, 0.1) is 6.04 Å². The predicted octanol–water partition coefficient (Wildman–Crippen LogP) is 3.25. The molecule has 1 aromatic carbocycles. The minimum Gasteiger partial charge on any atom is -0.307 e. The zero-order valence-corrected chi connectivity index (χ0v) is 9.60. The lowest BCUT2D eigenvalue weighted by atomic mass is 10.1. The van der Waals surface area contributed by atoms with Crippen molar-refractivity contribution in [2.45, 2.75) is 17.9 Å². The molecule has 0 fully saturated rings. The highest BCUT2D eigenvalue weighted by Gasteiger charge is 2.09. The molecule has 1 aromatic rings. The molecule has 0 saturated heterocycles. The van der Waals surface area contributed by atoms with E-state index >= 15 is 0 Å². The molecule has 0 aromatic heterocycles. The van der Waals surface area contributed by atoms with Crippen molar-refractivity contribution in [1.82, 2.24) is 5.32 Å². The van der Waals surface area contributed by atoms with E-state index in [4.69, 9.17) is 0 Å². The summed E-state index contributed by atoms with van der Waals surface area (Å²) in [6, 6.07) is 8.71. The van der Waals surface area contributed by atoms with Crippen LogP contribution in [-0.4, -0.2) is 12.8 Å². The Morgan fingerprint density at radius 1 is 1.50 bits per heavy atom. The molecule has 0 aliphatic heterocycles. The highest BCUT2D eigenvalue weighted by molar-refractivity contribution is 7.98. The van der Waals surface area contributed by atoms with Gasteiger partial charge >= 0.3 is 0 Å². The van der Waals surface area contributed by atoms with Gasteiger partial charge < -0.3 is 5.32 Å². The molecule has 1 atom stereocenters. The van der Waals surface area contributed by atoms with Gasteiger partial charge in [-0.3, -0.25) is 0 Å². The number of benzene rings is 1. The molecule has 1 rings (SSSR count). The molecule has 14 heavy (non-hydrogen) atoms. The fourth-order valence-corrected chi connectivity index (χ4v) is 2.11. The van der Waals surface area contributed by atoms with Gasteiger partial charge in [-0.1, -0.05) is 31.2 Å². The van der Waals surface area contributed by atoms with Gasteiger partial charge in [0.2, 0.25) is 0 Å². The molecule has 1 N–H and O–H groups in total. The number of likely N-dealkylation sites (N-methyl/N-ethyl adjacent to an activating group) is 1. The van der Waals surface area contributed by atoms with E-state index in [0.29, 0.717) is 0 Å². The molecule has 1 unspecified atom stereocenters. The standard InChI is InChI=1S/C12H17NS/c1-4-11(13-5-2)10-8-6-7-9-12(10)14-3/h4,6-9,11,13H,1,5H2,2-3H3. The van der Waals surface area contributed by atoms with Crippen molar-refractivity contribution in [3.63, 3.8) is 0 Å². The van der Waals surface area contributed by atoms with Crippen molar-refractivity contribution in [3.8, 4) is 0 Å². The average molecular weight is 207 g/mol. The lowest BCUT2D eigenvalue weighted by molar-refractivity contribution is 0.640. The number of hydrogen-bond donors (Lipinski definition) is 1. The largest absolute Gasteiger partial charge is 0.307 e. The van der Waals surface area contributed by atoms with Crippen LogP contribution in [0.2, 0.25) is 0 Å². The summed E-state index contributed by atoms with van der Waals surface area (Å²) in [5.41, 5.74) is 1.32. The molecule has 0 spiro atoms. The van der Waals surface area contributed by atoms with Gasteiger partial charge in [-0.2, -0.15) is 0 Å². The third kappa shape index (κ3) is 2.63. The minimum absolute atomic E-state index is 0.267. The topological polar surface area (TPSA) is 12.0 Å². The maximum Gasteiger partial charge on any atom is 0.0514 e. The molecule has 1 nitrogen and oxygen atoms in total. The Hall–Kier alpha value is -0.730. The fraction of sp³-hybridized carbons (Fsp3) is 0.333. The summed E-state index contributed by atoms with van der Waals surface area (Å²) in [6.07, 6.45) is 4.06. The van der Waals surface area contributed by atoms with Crippen molar-refractivity contribution in [3.05, 3.63) is 42.5 Å². The monoisotopic (exact) mass is 207 g/mol. The number of hydrogen-bond acceptors (Lipinski definition) is 2. The van der Waals surface area contributed by atoms with Crippen LogP contribution in [0.15, 0.2) is 41.8 Å². The molecule has 2 heteroatoms. The van der Waals surface area contributed by atoms with Crippen LogP contribution in [0.1, 0.15) is 18.5 Å². The summed E-state index contributed by atoms with van der Waals surface area (Å²) in [6.45, 7) is 6.93. The van der Waals surface area contributed by atoms with Crippen LogP contribution < -0.4 is 5.32 Å². The molecule has 0 radical (unpaired) electrons. The average Bonchev–Trinajstić information content (AvgIpc) is 2.26. The Labute approximate surface area is 90.6 Å². The van der Waals surface area contributed by atoms with Gasteiger partial charge in [-0.05, 0) is 24.4 Å². The number of thioether (sulfide) groups is 1. The molecule has 0 heterocycles. The molecule has 0 saturated carbocycles. The SMILES string of the molecule is C=CC(NCC)c1ccccc1SC. The summed E-state index contributed by atoms with van der Waals surface area (Å²) in [5, 5.41) is 3.39. The van der Waals surface area contributed by atoms with Crippen LogP contribution in [0.5, 0.6) is 0 Å².